The first-order chi connectivity index (χ1) is 9.68. The molecular formula is C15H9ClN2O2. The topological polar surface area (TPSA) is 52.0 Å². The van der Waals surface area contributed by atoms with E-state index in [9.17, 15) is 9.59 Å². The van der Waals surface area contributed by atoms with Crippen molar-refractivity contribution < 1.29 is 4.79 Å². The Bertz CT molecular complexity index is 857. The summed E-state index contributed by atoms with van der Waals surface area (Å²) in [6, 6.07) is 14.0. The Morgan fingerprint density at radius 1 is 1.10 bits per heavy atom. The summed E-state index contributed by atoms with van der Waals surface area (Å²) < 4.78 is 1.39. The van der Waals surface area contributed by atoms with Crippen molar-refractivity contribution in [1.29, 1.82) is 0 Å². The number of carbonyl (C=O) groups excluding carboxylic acids is 1. The molecule has 0 saturated heterocycles. The number of halogens is 1. The number of fused-ring (bicyclic) bond motifs is 1. The van der Waals surface area contributed by atoms with Gasteiger partial charge in [0.2, 0.25) is 0 Å². The van der Waals surface area contributed by atoms with E-state index in [-0.39, 0.29) is 5.56 Å². The minimum atomic E-state index is -0.773. The van der Waals surface area contributed by atoms with Crippen LogP contribution in [0.15, 0.2) is 59.5 Å². The monoisotopic (exact) mass is 284 g/mol. The molecule has 0 unspecified atom stereocenters. The van der Waals surface area contributed by atoms with Crippen molar-refractivity contribution in [1.82, 2.24) is 9.55 Å². The summed E-state index contributed by atoms with van der Waals surface area (Å²) >= 11 is 5.50. The van der Waals surface area contributed by atoms with Gasteiger partial charge >= 0.3 is 0 Å². The van der Waals surface area contributed by atoms with Crippen LogP contribution in [0.25, 0.3) is 16.7 Å². The summed E-state index contributed by atoms with van der Waals surface area (Å²) in [6.45, 7) is 0. The van der Waals surface area contributed by atoms with Crippen LogP contribution in [0.4, 0.5) is 0 Å². The molecule has 20 heavy (non-hydrogen) atoms. The highest BCUT2D eigenvalue weighted by Gasteiger charge is 2.15. The molecule has 2 heterocycles. The first kappa shape index (κ1) is 12.6. The molecule has 2 aromatic heterocycles. The van der Waals surface area contributed by atoms with Crippen LogP contribution < -0.4 is 5.56 Å². The summed E-state index contributed by atoms with van der Waals surface area (Å²) in [4.78, 5) is 28.1. The zero-order valence-electron chi connectivity index (χ0n) is 10.3. The van der Waals surface area contributed by atoms with Gasteiger partial charge in [0.05, 0.1) is 5.69 Å². The van der Waals surface area contributed by atoms with E-state index in [1.54, 1.807) is 30.5 Å². The molecule has 0 spiro atoms. The first-order valence-electron chi connectivity index (χ1n) is 5.94. The second-order valence-electron chi connectivity index (χ2n) is 4.22. The van der Waals surface area contributed by atoms with Crippen LogP contribution in [-0.2, 0) is 0 Å². The smallest absolute Gasteiger partial charge is 0.269 e. The van der Waals surface area contributed by atoms with E-state index in [4.69, 9.17) is 11.6 Å². The number of para-hydroxylation sites is 1. The van der Waals surface area contributed by atoms with Crippen molar-refractivity contribution >= 4 is 27.9 Å². The number of aromatic nitrogens is 2. The Labute approximate surface area is 119 Å². The Hall–Kier alpha value is -2.46. The standard InChI is InChI=1S/C15H9ClN2O2/c16-13(19)12-9-10-5-4-8-17-14(10)18(15(12)20)11-6-2-1-3-7-11/h1-9H. The minimum Gasteiger partial charge on any atom is -0.275 e. The molecule has 0 saturated carbocycles. The lowest BCUT2D eigenvalue weighted by atomic mass is 10.2. The maximum Gasteiger partial charge on any atom is 0.269 e. The van der Waals surface area contributed by atoms with Crippen molar-refractivity contribution in [3.63, 3.8) is 0 Å². The quantitative estimate of drug-likeness (QED) is 0.680. The number of nitrogens with zero attached hydrogens (tertiary/aromatic N) is 2. The average Bonchev–Trinajstić information content (AvgIpc) is 2.47. The fourth-order valence-corrected chi connectivity index (χ4v) is 2.24. The van der Waals surface area contributed by atoms with Gasteiger partial charge < -0.3 is 0 Å². The van der Waals surface area contributed by atoms with E-state index in [1.165, 1.54) is 10.6 Å². The van der Waals surface area contributed by atoms with Crippen LogP contribution in [0.3, 0.4) is 0 Å². The molecular weight excluding hydrogens is 276 g/mol. The van der Waals surface area contributed by atoms with Gasteiger partial charge in [-0.15, -0.1) is 0 Å². The van der Waals surface area contributed by atoms with Crippen molar-refractivity contribution in [2.75, 3.05) is 0 Å². The van der Waals surface area contributed by atoms with E-state index < -0.39 is 10.8 Å². The lowest BCUT2D eigenvalue weighted by molar-refractivity contribution is 0.108. The lowest BCUT2D eigenvalue weighted by Gasteiger charge is -2.10. The molecule has 4 nitrogen and oxygen atoms in total. The number of carbonyl (C=O) groups is 1. The van der Waals surface area contributed by atoms with Crippen molar-refractivity contribution in [2.45, 2.75) is 0 Å². The predicted octanol–water partition coefficient (Wildman–Crippen LogP) is 2.76. The number of pyridine rings is 2. The van der Waals surface area contributed by atoms with Gasteiger partial charge in [0.1, 0.15) is 11.2 Å². The third-order valence-electron chi connectivity index (χ3n) is 2.99. The van der Waals surface area contributed by atoms with Crippen molar-refractivity contribution in [3.05, 3.63) is 70.6 Å². The SMILES string of the molecule is O=C(Cl)c1cc2cccnc2n(-c2ccccc2)c1=O. The highest BCUT2D eigenvalue weighted by molar-refractivity contribution is 6.67. The highest BCUT2D eigenvalue weighted by Crippen LogP contribution is 2.16. The first-order valence-corrected chi connectivity index (χ1v) is 6.32. The highest BCUT2D eigenvalue weighted by atomic mass is 35.5. The lowest BCUT2D eigenvalue weighted by Crippen LogP contribution is -2.24. The zero-order chi connectivity index (χ0) is 14.1. The van der Waals surface area contributed by atoms with Crippen molar-refractivity contribution in [2.24, 2.45) is 0 Å². The van der Waals surface area contributed by atoms with Gasteiger partial charge in [-0.05, 0) is 41.9 Å². The maximum absolute atomic E-state index is 12.4. The number of rotatable bonds is 2. The van der Waals surface area contributed by atoms with Crippen LogP contribution in [0.2, 0.25) is 0 Å². The summed E-state index contributed by atoms with van der Waals surface area (Å²) in [5.41, 5.74) is 0.602. The molecule has 0 fully saturated rings. The van der Waals surface area contributed by atoms with Gasteiger partial charge in [0.25, 0.3) is 10.8 Å². The third kappa shape index (κ3) is 2.00. The Morgan fingerprint density at radius 3 is 2.55 bits per heavy atom. The van der Waals surface area contributed by atoms with Gasteiger partial charge in [-0.3, -0.25) is 14.2 Å². The van der Waals surface area contributed by atoms with E-state index in [0.29, 0.717) is 16.7 Å². The fraction of sp³-hybridized carbons (Fsp3) is 0. The molecule has 0 aliphatic rings. The molecule has 3 rings (SSSR count). The molecule has 0 bridgehead atoms. The van der Waals surface area contributed by atoms with Gasteiger partial charge in [-0.25, -0.2) is 4.98 Å². The molecule has 0 radical (unpaired) electrons. The van der Waals surface area contributed by atoms with E-state index in [2.05, 4.69) is 4.98 Å². The third-order valence-corrected chi connectivity index (χ3v) is 3.19. The summed E-state index contributed by atoms with van der Waals surface area (Å²) in [5.74, 6) is 0. The number of hydrogen-bond acceptors (Lipinski definition) is 3. The zero-order valence-corrected chi connectivity index (χ0v) is 11.0. The number of benzene rings is 1. The van der Waals surface area contributed by atoms with Crippen LogP contribution in [-0.4, -0.2) is 14.8 Å². The largest absolute Gasteiger partial charge is 0.275 e. The Balaban J connectivity index is 2.48. The Kier molecular flexibility index (Phi) is 3.08. The predicted molar refractivity (Wildman–Crippen MR) is 77.5 cm³/mol. The maximum atomic E-state index is 12.4. The Morgan fingerprint density at radius 2 is 1.85 bits per heavy atom. The molecule has 98 valence electrons. The molecule has 0 amide bonds. The van der Waals surface area contributed by atoms with Gasteiger partial charge in [0.15, 0.2) is 0 Å². The second-order valence-corrected chi connectivity index (χ2v) is 4.57. The van der Waals surface area contributed by atoms with Crippen LogP contribution in [0.5, 0.6) is 0 Å². The van der Waals surface area contributed by atoms with E-state index in [0.717, 1.165) is 0 Å². The van der Waals surface area contributed by atoms with Gasteiger partial charge in [0, 0.05) is 11.6 Å². The molecule has 3 aromatic rings. The fourth-order valence-electron chi connectivity index (χ4n) is 2.10. The van der Waals surface area contributed by atoms with Crippen LogP contribution in [0.1, 0.15) is 10.4 Å². The van der Waals surface area contributed by atoms with Gasteiger partial charge in [-0.2, -0.15) is 0 Å². The van der Waals surface area contributed by atoms with E-state index >= 15 is 0 Å². The normalized spacial score (nSPS) is 10.7. The summed E-state index contributed by atoms with van der Waals surface area (Å²) in [6.07, 6.45) is 1.60. The molecule has 0 atom stereocenters. The molecule has 0 aliphatic carbocycles. The summed E-state index contributed by atoms with van der Waals surface area (Å²) in [7, 11) is 0. The molecule has 0 aliphatic heterocycles. The van der Waals surface area contributed by atoms with E-state index in [1.807, 2.05) is 18.2 Å². The molecule has 1 aromatic carbocycles. The molecule has 5 heteroatoms. The van der Waals surface area contributed by atoms with Crippen molar-refractivity contribution in [3.8, 4) is 5.69 Å². The summed E-state index contributed by atoms with van der Waals surface area (Å²) in [5, 5.41) is -0.0922. The molecule has 0 N–H and O–H groups in total. The van der Waals surface area contributed by atoms with Crippen LogP contribution in [0, 0.1) is 0 Å². The number of hydrogen-bond donors (Lipinski definition) is 0. The second kappa shape index (κ2) is 4.90. The van der Waals surface area contributed by atoms with Crippen LogP contribution >= 0.6 is 11.6 Å². The van der Waals surface area contributed by atoms with Gasteiger partial charge in [-0.1, -0.05) is 18.2 Å². The average molecular weight is 285 g/mol. The minimum absolute atomic E-state index is 0.0592.